The molecule has 13 heavy (non-hydrogen) atoms. The zero-order valence-electron chi connectivity index (χ0n) is 7.34. The number of anilines is 1. The van der Waals surface area contributed by atoms with Gasteiger partial charge in [0.05, 0.1) is 0 Å². The number of fused-ring (bicyclic) bond motifs is 1. The minimum atomic E-state index is 0.769. The summed E-state index contributed by atoms with van der Waals surface area (Å²) in [4.78, 5) is 0. The SMILES string of the molecule is Cc1c(Cl)ccc2cccc(N)c12. The second kappa shape index (κ2) is 2.93. The highest BCUT2D eigenvalue weighted by Gasteiger charge is 2.03. The van der Waals surface area contributed by atoms with Crippen molar-refractivity contribution in [2.45, 2.75) is 6.92 Å². The highest BCUT2D eigenvalue weighted by atomic mass is 35.5. The van der Waals surface area contributed by atoms with Crippen molar-refractivity contribution in [1.29, 1.82) is 0 Å². The Morgan fingerprint density at radius 2 is 1.92 bits per heavy atom. The molecule has 2 rings (SSSR count). The first-order chi connectivity index (χ1) is 6.20. The summed E-state index contributed by atoms with van der Waals surface area (Å²) in [6, 6.07) is 9.77. The van der Waals surface area contributed by atoms with Crippen molar-refractivity contribution in [2.24, 2.45) is 0 Å². The largest absolute Gasteiger partial charge is 0.398 e. The molecule has 66 valence electrons. The van der Waals surface area contributed by atoms with Gasteiger partial charge in [-0.15, -0.1) is 0 Å². The lowest BCUT2D eigenvalue weighted by Gasteiger charge is -2.06. The highest BCUT2D eigenvalue weighted by Crippen LogP contribution is 2.29. The van der Waals surface area contributed by atoms with Gasteiger partial charge >= 0.3 is 0 Å². The third kappa shape index (κ3) is 1.25. The number of halogens is 1. The van der Waals surface area contributed by atoms with Gasteiger partial charge in [-0.2, -0.15) is 0 Å². The molecule has 0 unspecified atom stereocenters. The van der Waals surface area contributed by atoms with E-state index in [1.807, 2.05) is 37.3 Å². The molecule has 0 fully saturated rings. The van der Waals surface area contributed by atoms with E-state index < -0.39 is 0 Å². The lowest BCUT2D eigenvalue weighted by atomic mass is 10.0. The van der Waals surface area contributed by atoms with Gasteiger partial charge in [-0.3, -0.25) is 0 Å². The third-order valence-electron chi connectivity index (χ3n) is 2.27. The smallest absolute Gasteiger partial charge is 0.0442 e. The number of nitrogen functional groups attached to an aromatic ring is 1. The van der Waals surface area contributed by atoms with Gasteiger partial charge in [-0.25, -0.2) is 0 Å². The lowest BCUT2D eigenvalue weighted by molar-refractivity contribution is 1.53. The molecule has 0 radical (unpaired) electrons. The molecule has 2 N–H and O–H groups in total. The second-order valence-electron chi connectivity index (χ2n) is 3.12. The van der Waals surface area contributed by atoms with E-state index in [-0.39, 0.29) is 0 Å². The maximum absolute atomic E-state index is 6.00. The molecule has 0 aliphatic rings. The molecule has 2 heteroatoms. The number of hydrogen-bond donors (Lipinski definition) is 1. The molecule has 0 saturated heterocycles. The minimum absolute atomic E-state index is 0.769. The van der Waals surface area contributed by atoms with Gasteiger partial charge in [0.1, 0.15) is 0 Å². The van der Waals surface area contributed by atoms with Gasteiger partial charge in [0, 0.05) is 16.1 Å². The van der Waals surface area contributed by atoms with E-state index in [4.69, 9.17) is 17.3 Å². The molecule has 0 spiro atoms. The lowest BCUT2D eigenvalue weighted by Crippen LogP contribution is -1.89. The Balaban J connectivity index is 2.97. The Morgan fingerprint density at radius 1 is 1.15 bits per heavy atom. The average Bonchev–Trinajstić information content (AvgIpc) is 2.12. The Kier molecular flexibility index (Phi) is 1.89. The van der Waals surface area contributed by atoms with Gasteiger partial charge < -0.3 is 5.73 Å². The molecule has 0 aliphatic carbocycles. The van der Waals surface area contributed by atoms with Crippen molar-refractivity contribution in [3.05, 3.63) is 40.9 Å². The number of hydrogen-bond acceptors (Lipinski definition) is 1. The molecule has 0 aliphatic heterocycles. The first kappa shape index (κ1) is 8.39. The molecule has 1 nitrogen and oxygen atoms in total. The van der Waals surface area contributed by atoms with Crippen LogP contribution in [0.3, 0.4) is 0 Å². The van der Waals surface area contributed by atoms with Crippen LogP contribution in [-0.2, 0) is 0 Å². The molecule has 2 aromatic rings. The number of rotatable bonds is 0. The predicted molar refractivity (Wildman–Crippen MR) is 58.1 cm³/mol. The maximum Gasteiger partial charge on any atom is 0.0442 e. The fraction of sp³-hybridized carbons (Fsp3) is 0.0909. The van der Waals surface area contributed by atoms with Crippen molar-refractivity contribution in [3.63, 3.8) is 0 Å². The van der Waals surface area contributed by atoms with E-state index in [2.05, 4.69) is 0 Å². The highest BCUT2D eigenvalue weighted by molar-refractivity contribution is 6.32. The van der Waals surface area contributed by atoms with Crippen LogP contribution in [0.1, 0.15) is 5.56 Å². The summed E-state index contributed by atoms with van der Waals surface area (Å²) < 4.78 is 0. The fourth-order valence-corrected chi connectivity index (χ4v) is 1.73. The van der Waals surface area contributed by atoms with Crippen LogP contribution < -0.4 is 5.73 Å². The maximum atomic E-state index is 6.00. The zero-order valence-corrected chi connectivity index (χ0v) is 8.10. The Hall–Kier alpha value is -1.21. The summed E-state index contributed by atoms with van der Waals surface area (Å²) >= 11 is 6.00. The number of benzene rings is 2. The Morgan fingerprint density at radius 3 is 2.69 bits per heavy atom. The van der Waals surface area contributed by atoms with Gasteiger partial charge in [-0.05, 0) is 30.0 Å². The second-order valence-corrected chi connectivity index (χ2v) is 3.52. The standard InChI is InChI=1S/C11H10ClN/c1-7-9(12)6-5-8-3-2-4-10(13)11(7)8/h2-6H,13H2,1H3. The van der Waals surface area contributed by atoms with Crippen LogP contribution in [0, 0.1) is 6.92 Å². The van der Waals surface area contributed by atoms with E-state index >= 15 is 0 Å². The summed E-state index contributed by atoms with van der Waals surface area (Å²) in [6.07, 6.45) is 0. The first-order valence-corrected chi connectivity index (χ1v) is 4.51. The number of nitrogens with two attached hydrogens (primary N) is 1. The van der Waals surface area contributed by atoms with Gasteiger partial charge in [0.2, 0.25) is 0 Å². The average molecular weight is 192 g/mol. The summed E-state index contributed by atoms with van der Waals surface area (Å²) in [7, 11) is 0. The molecular formula is C11H10ClN. The van der Waals surface area contributed by atoms with E-state index in [1.165, 1.54) is 0 Å². The Bertz CT molecular complexity index is 463. The fourth-order valence-electron chi connectivity index (χ4n) is 1.57. The Labute approximate surface area is 82.1 Å². The van der Waals surface area contributed by atoms with Gasteiger partial charge in [0.15, 0.2) is 0 Å². The summed E-state index contributed by atoms with van der Waals surface area (Å²) in [6.45, 7) is 1.99. The quantitative estimate of drug-likeness (QED) is 0.635. The van der Waals surface area contributed by atoms with Crippen molar-refractivity contribution >= 4 is 28.1 Å². The molecule has 0 saturated carbocycles. The van der Waals surface area contributed by atoms with Crippen LogP contribution in [0.15, 0.2) is 30.3 Å². The third-order valence-corrected chi connectivity index (χ3v) is 2.68. The molecule has 0 atom stereocenters. The van der Waals surface area contributed by atoms with E-state index in [1.54, 1.807) is 0 Å². The number of aryl methyl sites for hydroxylation is 1. The van der Waals surface area contributed by atoms with E-state index in [0.717, 1.165) is 27.0 Å². The predicted octanol–water partition coefficient (Wildman–Crippen LogP) is 3.38. The monoisotopic (exact) mass is 191 g/mol. The molecule has 0 heterocycles. The molecule has 0 amide bonds. The molecule has 2 aromatic carbocycles. The van der Waals surface area contributed by atoms with Gasteiger partial charge in [-0.1, -0.05) is 29.8 Å². The van der Waals surface area contributed by atoms with Crippen LogP contribution >= 0.6 is 11.6 Å². The van der Waals surface area contributed by atoms with Crippen LogP contribution in [-0.4, -0.2) is 0 Å². The molecule has 0 aromatic heterocycles. The van der Waals surface area contributed by atoms with Crippen LogP contribution in [0.4, 0.5) is 5.69 Å². The van der Waals surface area contributed by atoms with Crippen molar-refractivity contribution < 1.29 is 0 Å². The summed E-state index contributed by atoms with van der Waals surface area (Å²) in [5.41, 5.74) is 7.71. The first-order valence-electron chi connectivity index (χ1n) is 4.13. The van der Waals surface area contributed by atoms with Gasteiger partial charge in [0.25, 0.3) is 0 Å². The van der Waals surface area contributed by atoms with Crippen molar-refractivity contribution in [2.75, 3.05) is 5.73 Å². The topological polar surface area (TPSA) is 26.0 Å². The molecule has 0 bridgehead atoms. The van der Waals surface area contributed by atoms with Crippen LogP contribution in [0.5, 0.6) is 0 Å². The van der Waals surface area contributed by atoms with Crippen molar-refractivity contribution in [1.82, 2.24) is 0 Å². The van der Waals surface area contributed by atoms with Crippen LogP contribution in [0.25, 0.3) is 10.8 Å². The van der Waals surface area contributed by atoms with E-state index in [0.29, 0.717) is 0 Å². The summed E-state index contributed by atoms with van der Waals surface area (Å²) in [5.74, 6) is 0. The summed E-state index contributed by atoms with van der Waals surface area (Å²) in [5, 5.41) is 2.97. The van der Waals surface area contributed by atoms with E-state index in [9.17, 15) is 0 Å². The normalized spacial score (nSPS) is 10.6. The molecular weight excluding hydrogens is 182 g/mol. The van der Waals surface area contributed by atoms with Crippen molar-refractivity contribution in [3.8, 4) is 0 Å². The minimum Gasteiger partial charge on any atom is -0.398 e. The van der Waals surface area contributed by atoms with Crippen LogP contribution in [0.2, 0.25) is 5.02 Å². The zero-order chi connectivity index (χ0) is 9.42.